The molecule has 3 atom stereocenters. The van der Waals surface area contributed by atoms with Gasteiger partial charge in [-0.15, -0.1) is 0 Å². The molecule has 0 aliphatic heterocycles. The molecule has 2 aromatic rings. The van der Waals surface area contributed by atoms with Crippen molar-refractivity contribution in [3.8, 4) is 0 Å². The number of unbranched alkanes of at least 4 members (excludes halogenated alkanes) is 3. The van der Waals surface area contributed by atoms with E-state index in [1.165, 1.54) is 38.5 Å². The van der Waals surface area contributed by atoms with Crippen molar-refractivity contribution >= 4 is 23.2 Å². The van der Waals surface area contributed by atoms with Crippen molar-refractivity contribution in [1.82, 2.24) is 4.57 Å². The summed E-state index contributed by atoms with van der Waals surface area (Å²) in [4.78, 5) is 17.4. The van der Waals surface area contributed by atoms with Gasteiger partial charge in [-0.25, -0.2) is 9.13 Å². The van der Waals surface area contributed by atoms with E-state index in [0.717, 1.165) is 51.6 Å². The van der Waals surface area contributed by atoms with Gasteiger partial charge in [-0.2, -0.15) is 0 Å². The van der Waals surface area contributed by atoms with E-state index in [9.17, 15) is 9.90 Å². The van der Waals surface area contributed by atoms with Crippen LogP contribution in [0.4, 0.5) is 11.4 Å². The monoisotopic (exact) mass is 552 g/mol. The summed E-state index contributed by atoms with van der Waals surface area (Å²) in [6.07, 6.45) is 17.3. The van der Waals surface area contributed by atoms with Gasteiger partial charge in [0, 0.05) is 11.6 Å². The third-order valence-electron chi connectivity index (χ3n) is 8.27. The Labute approximate surface area is 244 Å². The van der Waals surface area contributed by atoms with Crippen molar-refractivity contribution in [2.75, 3.05) is 5.32 Å². The van der Waals surface area contributed by atoms with Gasteiger partial charge in [-0.1, -0.05) is 86.1 Å². The van der Waals surface area contributed by atoms with Gasteiger partial charge in [0.15, 0.2) is 0 Å². The fourth-order valence-electron chi connectivity index (χ4n) is 5.43. The predicted molar refractivity (Wildman–Crippen MR) is 166 cm³/mol. The topological polar surface area (TPSA) is 73.3 Å². The van der Waals surface area contributed by atoms with Crippen molar-refractivity contribution in [1.29, 1.82) is 0 Å². The zero-order chi connectivity index (χ0) is 29.3. The highest BCUT2D eigenvalue weighted by Gasteiger charge is 2.23. The molecular weight excluding hydrogens is 496 g/mol. The summed E-state index contributed by atoms with van der Waals surface area (Å²) in [7, 11) is 0. The van der Waals surface area contributed by atoms with E-state index in [1.54, 1.807) is 0 Å². The molecule has 0 radical (unpaired) electrons. The van der Waals surface area contributed by atoms with E-state index in [0.29, 0.717) is 29.0 Å². The van der Waals surface area contributed by atoms with Gasteiger partial charge in [0.25, 0.3) is 5.82 Å². The second kappa shape index (κ2) is 18.7. The van der Waals surface area contributed by atoms with Gasteiger partial charge in [-0.05, 0) is 68.6 Å². The number of hydrogen-bond acceptors (Lipinski definition) is 3. The maximum atomic E-state index is 13.8. The number of benzene rings is 1. The molecule has 40 heavy (non-hydrogen) atoms. The summed E-state index contributed by atoms with van der Waals surface area (Å²) in [6.45, 7) is 14.8. The normalized spacial score (nSPS) is 14.2. The van der Waals surface area contributed by atoms with E-state index in [4.69, 9.17) is 0 Å². The second-order valence-corrected chi connectivity index (χ2v) is 11.5. The molecule has 1 aromatic heterocycles. The molecular formula is C34H56N4O2. The minimum absolute atomic E-state index is 0.00264. The standard InChI is InChI=1S/C34H56N4O2/c1-7-13-17-27(10-4)25-37-22-23-38(26-28(11-5)18-14-8-2)34(37)33(40)36-31-21-16-20-30(24-31)35-32(39)29(12-6)19-15-9-3/h16,20-24,27-29H,7-15,17-19,25-26H2,1-6H3,(H-,35,36,39,40). The molecule has 0 saturated carbocycles. The lowest BCUT2D eigenvalue weighted by Gasteiger charge is -2.18. The molecule has 1 amide bonds. The Hall–Kier alpha value is -2.63. The molecule has 0 spiro atoms. The predicted octanol–water partition coefficient (Wildman–Crippen LogP) is 7.80. The molecule has 2 rings (SSSR count). The number of amides is 1. The SMILES string of the molecule is CCCCC(CC)Cn1cc[n+](CC(CC)CCCC)c1C([O-])=Nc1cccc(NC(=O)C(CC)CCCC)c1. The number of aromatic nitrogens is 2. The van der Waals surface area contributed by atoms with E-state index >= 15 is 0 Å². The third-order valence-corrected chi connectivity index (χ3v) is 8.27. The molecule has 6 heteroatoms. The van der Waals surface area contributed by atoms with Crippen LogP contribution in [0.1, 0.15) is 124 Å². The number of imidazole rings is 1. The van der Waals surface area contributed by atoms with Crippen molar-refractivity contribution < 1.29 is 14.5 Å². The largest absolute Gasteiger partial charge is 0.853 e. The molecule has 0 bridgehead atoms. The van der Waals surface area contributed by atoms with Crippen LogP contribution in [0.3, 0.4) is 0 Å². The Morgan fingerprint density at radius 1 is 0.925 bits per heavy atom. The first-order valence-electron chi connectivity index (χ1n) is 16.2. The number of hydrogen-bond donors (Lipinski definition) is 1. The first-order chi connectivity index (χ1) is 19.4. The van der Waals surface area contributed by atoms with E-state index in [2.05, 4.69) is 73.4 Å². The van der Waals surface area contributed by atoms with Gasteiger partial charge in [0.05, 0.1) is 24.7 Å². The van der Waals surface area contributed by atoms with Crippen LogP contribution in [-0.4, -0.2) is 16.4 Å². The number of carbonyl (C=O) groups is 1. The number of carbonyl (C=O) groups excluding carboxylic acids is 1. The summed E-state index contributed by atoms with van der Waals surface area (Å²) < 4.78 is 4.26. The summed E-state index contributed by atoms with van der Waals surface area (Å²) in [5.74, 6) is 1.55. The fraction of sp³-hybridized carbons (Fsp3) is 0.676. The third kappa shape index (κ3) is 10.7. The quantitative estimate of drug-likeness (QED) is 0.103. The van der Waals surface area contributed by atoms with Crippen molar-refractivity contribution in [3.05, 3.63) is 42.5 Å². The fourth-order valence-corrected chi connectivity index (χ4v) is 5.43. The van der Waals surface area contributed by atoms with Gasteiger partial charge in [-0.3, -0.25) is 9.79 Å². The number of rotatable bonds is 20. The molecule has 1 N–H and O–H groups in total. The molecule has 1 heterocycles. The molecule has 0 aliphatic carbocycles. The van der Waals surface area contributed by atoms with Crippen LogP contribution in [-0.2, 0) is 17.9 Å². The number of anilines is 1. The average Bonchev–Trinajstić information content (AvgIpc) is 3.35. The lowest BCUT2D eigenvalue weighted by Crippen LogP contribution is -2.45. The average molecular weight is 553 g/mol. The lowest BCUT2D eigenvalue weighted by molar-refractivity contribution is -0.706. The van der Waals surface area contributed by atoms with Crippen LogP contribution in [0, 0.1) is 17.8 Å². The van der Waals surface area contributed by atoms with Crippen LogP contribution in [0.25, 0.3) is 0 Å². The van der Waals surface area contributed by atoms with Crippen molar-refractivity contribution in [2.24, 2.45) is 22.7 Å². The zero-order valence-corrected chi connectivity index (χ0v) is 26.3. The Morgan fingerprint density at radius 3 is 2.20 bits per heavy atom. The molecule has 0 fully saturated rings. The highest BCUT2D eigenvalue weighted by atomic mass is 16.3. The number of aliphatic imine (C=N–C) groups is 1. The van der Waals surface area contributed by atoms with E-state index < -0.39 is 0 Å². The molecule has 1 aromatic carbocycles. The summed E-state index contributed by atoms with van der Waals surface area (Å²) >= 11 is 0. The first kappa shape index (κ1) is 33.6. The lowest BCUT2D eigenvalue weighted by atomic mass is 9.98. The Balaban J connectivity index is 2.36. The number of nitrogens with zero attached hydrogens (tertiary/aromatic N) is 3. The van der Waals surface area contributed by atoms with Gasteiger partial charge in [0.1, 0.15) is 12.4 Å². The first-order valence-corrected chi connectivity index (χ1v) is 16.2. The Morgan fingerprint density at radius 2 is 1.57 bits per heavy atom. The van der Waals surface area contributed by atoms with Crippen LogP contribution >= 0.6 is 0 Å². The van der Waals surface area contributed by atoms with Gasteiger partial charge >= 0.3 is 0 Å². The Kier molecular flexibility index (Phi) is 15.7. The van der Waals surface area contributed by atoms with Crippen LogP contribution in [0.5, 0.6) is 0 Å². The maximum Gasteiger partial charge on any atom is 0.292 e. The molecule has 3 unspecified atom stereocenters. The van der Waals surface area contributed by atoms with Gasteiger partial charge in [0.2, 0.25) is 5.91 Å². The zero-order valence-electron chi connectivity index (χ0n) is 26.3. The molecule has 6 nitrogen and oxygen atoms in total. The van der Waals surface area contributed by atoms with Crippen molar-refractivity contribution in [3.63, 3.8) is 0 Å². The van der Waals surface area contributed by atoms with E-state index in [1.807, 2.05) is 24.3 Å². The smallest absolute Gasteiger partial charge is 0.292 e. The minimum atomic E-state index is -0.224. The molecule has 0 saturated heterocycles. The summed E-state index contributed by atoms with van der Waals surface area (Å²) in [5.41, 5.74) is 1.26. The second-order valence-electron chi connectivity index (χ2n) is 11.5. The molecule has 224 valence electrons. The van der Waals surface area contributed by atoms with Crippen LogP contribution in [0.15, 0.2) is 41.7 Å². The highest BCUT2D eigenvalue weighted by Crippen LogP contribution is 2.22. The number of nitrogens with one attached hydrogen (secondary N) is 1. The van der Waals surface area contributed by atoms with Crippen molar-refractivity contribution in [2.45, 2.75) is 132 Å². The summed E-state index contributed by atoms with van der Waals surface area (Å²) in [6, 6.07) is 7.38. The highest BCUT2D eigenvalue weighted by molar-refractivity contribution is 5.93. The van der Waals surface area contributed by atoms with Crippen LogP contribution in [0.2, 0.25) is 0 Å². The van der Waals surface area contributed by atoms with Gasteiger partial charge < -0.3 is 10.4 Å². The minimum Gasteiger partial charge on any atom is -0.853 e. The Bertz CT molecular complexity index is 993. The van der Waals surface area contributed by atoms with Crippen LogP contribution < -0.4 is 15.0 Å². The molecule has 0 aliphatic rings. The van der Waals surface area contributed by atoms with E-state index in [-0.39, 0.29) is 17.7 Å². The summed E-state index contributed by atoms with van der Waals surface area (Å²) in [5, 5.41) is 16.9. The maximum absolute atomic E-state index is 13.8.